The Labute approximate surface area is 153 Å². The van der Waals surface area contributed by atoms with Crippen molar-refractivity contribution in [2.75, 3.05) is 11.6 Å². The molecule has 1 amide bonds. The number of amides is 1. The Hall–Kier alpha value is -2.92. The topological polar surface area (TPSA) is 63.2 Å². The molecule has 0 saturated carbocycles. The maximum Gasteiger partial charge on any atom is 0.255 e. The van der Waals surface area contributed by atoms with Gasteiger partial charge in [-0.15, -0.1) is 0 Å². The molecular weight excluding hydrogens is 346 g/mol. The highest BCUT2D eigenvalue weighted by atomic mass is 32.2. The molecule has 0 aliphatic carbocycles. The van der Waals surface area contributed by atoms with Crippen LogP contribution >= 0.6 is 0 Å². The number of carbonyl (C=O) groups excluding carboxylic acids is 1. The van der Waals surface area contributed by atoms with Crippen molar-refractivity contribution in [2.24, 2.45) is 0 Å². The van der Waals surface area contributed by atoms with Crippen LogP contribution < -0.4 is 5.32 Å². The zero-order chi connectivity index (χ0) is 18.6. The number of benzene rings is 3. The van der Waals surface area contributed by atoms with Gasteiger partial charge in [-0.25, -0.2) is 8.42 Å². The lowest BCUT2D eigenvalue weighted by Gasteiger charge is -2.11. The summed E-state index contributed by atoms with van der Waals surface area (Å²) >= 11 is 0. The van der Waals surface area contributed by atoms with Crippen LogP contribution in [0.15, 0.2) is 78.9 Å². The molecule has 0 aromatic heterocycles. The van der Waals surface area contributed by atoms with Gasteiger partial charge < -0.3 is 5.32 Å². The molecule has 1 N–H and O–H groups in total. The van der Waals surface area contributed by atoms with E-state index in [2.05, 4.69) is 5.32 Å². The van der Waals surface area contributed by atoms with Gasteiger partial charge in [0.15, 0.2) is 9.84 Å². The van der Waals surface area contributed by atoms with Crippen LogP contribution in [0.4, 0.5) is 5.69 Å². The Morgan fingerprint density at radius 2 is 1.46 bits per heavy atom. The second kappa shape index (κ2) is 7.54. The summed E-state index contributed by atoms with van der Waals surface area (Å²) in [4.78, 5) is 12.6. The Balaban J connectivity index is 1.81. The SMILES string of the molecule is CS(=O)(=O)Cc1ccc(C(=O)Nc2ccccc2-c2ccccc2)cc1. The van der Waals surface area contributed by atoms with E-state index in [0.717, 1.165) is 16.8 Å². The molecule has 0 aliphatic heterocycles. The number of anilines is 1. The highest BCUT2D eigenvalue weighted by Crippen LogP contribution is 2.27. The van der Waals surface area contributed by atoms with Crippen LogP contribution in [0.2, 0.25) is 0 Å². The van der Waals surface area contributed by atoms with E-state index >= 15 is 0 Å². The molecule has 0 saturated heterocycles. The van der Waals surface area contributed by atoms with E-state index in [9.17, 15) is 13.2 Å². The molecule has 0 bridgehead atoms. The fourth-order valence-electron chi connectivity index (χ4n) is 2.71. The predicted octanol–water partition coefficient (Wildman–Crippen LogP) is 4.15. The molecule has 26 heavy (non-hydrogen) atoms. The van der Waals surface area contributed by atoms with Crippen LogP contribution in [0.3, 0.4) is 0 Å². The largest absolute Gasteiger partial charge is 0.321 e. The summed E-state index contributed by atoms with van der Waals surface area (Å²) in [6, 6.07) is 24.1. The molecule has 0 atom stereocenters. The molecule has 5 heteroatoms. The molecular formula is C21H19NO3S. The van der Waals surface area contributed by atoms with E-state index in [0.29, 0.717) is 11.1 Å². The van der Waals surface area contributed by atoms with E-state index in [1.165, 1.54) is 6.26 Å². The van der Waals surface area contributed by atoms with Gasteiger partial charge in [0.2, 0.25) is 0 Å². The molecule has 3 rings (SSSR count). The van der Waals surface area contributed by atoms with Crippen molar-refractivity contribution in [1.29, 1.82) is 0 Å². The molecule has 4 nitrogen and oxygen atoms in total. The van der Waals surface area contributed by atoms with Crippen molar-refractivity contribution in [2.45, 2.75) is 5.75 Å². The summed E-state index contributed by atoms with van der Waals surface area (Å²) in [5.41, 5.74) is 3.82. The number of hydrogen-bond donors (Lipinski definition) is 1. The molecule has 0 unspecified atom stereocenters. The van der Waals surface area contributed by atoms with E-state index in [1.54, 1.807) is 24.3 Å². The second-order valence-electron chi connectivity index (χ2n) is 6.13. The molecule has 0 fully saturated rings. The lowest BCUT2D eigenvalue weighted by atomic mass is 10.0. The number of carbonyl (C=O) groups is 1. The van der Waals surface area contributed by atoms with E-state index < -0.39 is 9.84 Å². The van der Waals surface area contributed by atoms with Crippen LogP contribution in [0, 0.1) is 0 Å². The average molecular weight is 365 g/mol. The molecule has 0 spiro atoms. The van der Waals surface area contributed by atoms with Crippen LogP contribution in [-0.2, 0) is 15.6 Å². The van der Waals surface area contributed by atoms with E-state index in [-0.39, 0.29) is 11.7 Å². The van der Waals surface area contributed by atoms with E-state index in [1.807, 2.05) is 54.6 Å². The van der Waals surface area contributed by atoms with Crippen LogP contribution in [0.25, 0.3) is 11.1 Å². The number of hydrogen-bond acceptors (Lipinski definition) is 3. The number of para-hydroxylation sites is 1. The Morgan fingerprint density at radius 3 is 2.12 bits per heavy atom. The molecule has 132 valence electrons. The Kier molecular flexibility index (Phi) is 5.19. The summed E-state index contributed by atoms with van der Waals surface area (Å²) in [6.45, 7) is 0. The number of rotatable bonds is 5. The standard InChI is InChI=1S/C21H19NO3S/c1-26(24,25)15-16-11-13-18(14-12-16)21(23)22-20-10-6-5-9-19(20)17-7-3-2-4-8-17/h2-14H,15H2,1H3,(H,22,23). The first kappa shape index (κ1) is 17.9. The highest BCUT2D eigenvalue weighted by Gasteiger charge is 2.11. The van der Waals surface area contributed by atoms with Gasteiger partial charge in [-0.3, -0.25) is 4.79 Å². The third kappa shape index (κ3) is 4.58. The van der Waals surface area contributed by atoms with E-state index in [4.69, 9.17) is 0 Å². The van der Waals surface area contributed by atoms with Crippen LogP contribution in [0.5, 0.6) is 0 Å². The van der Waals surface area contributed by atoms with Gasteiger partial charge in [-0.05, 0) is 29.3 Å². The first-order chi connectivity index (χ1) is 12.4. The Morgan fingerprint density at radius 1 is 0.846 bits per heavy atom. The van der Waals surface area contributed by atoms with Crippen molar-refractivity contribution in [1.82, 2.24) is 0 Å². The predicted molar refractivity (Wildman–Crippen MR) is 105 cm³/mol. The summed E-state index contributed by atoms with van der Waals surface area (Å²) in [6.07, 6.45) is 1.19. The average Bonchev–Trinajstić information content (AvgIpc) is 2.62. The molecule has 3 aromatic carbocycles. The van der Waals surface area contributed by atoms with Crippen LogP contribution in [-0.4, -0.2) is 20.6 Å². The zero-order valence-corrected chi connectivity index (χ0v) is 15.2. The maximum absolute atomic E-state index is 12.6. The maximum atomic E-state index is 12.6. The zero-order valence-electron chi connectivity index (χ0n) is 14.3. The third-order valence-corrected chi connectivity index (χ3v) is 4.76. The van der Waals surface area contributed by atoms with Gasteiger partial charge >= 0.3 is 0 Å². The monoisotopic (exact) mass is 365 g/mol. The fraction of sp³-hybridized carbons (Fsp3) is 0.0952. The summed E-state index contributed by atoms with van der Waals surface area (Å²) in [7, 11) is -3.10. The smallest absolute Gasteiger partial charge is 0.255 e. The number of sulfone groups is 1. The van der Waals surface area contributed by atoms with Crippen LogP contribution in [0.1, 0.15) is 15.9 Å². The Bertz CT molecular complexity index is 1010. The molecule has 3 aromatic rings. The quantitative estimate of drug-likeness (QED) is 0.739. The van der Waals surface area contributed by atoms with Crippen molar-refractivity contribution in [3.05, 3.63) is 90.0 Å². The normalized spacial score (nSPS) is 11.1. The number of nitrogens with one attached hydrogen (secondary N) is 1. The fourth-order valence-corrected chi connectivity index (χ4v) is 3.51. The van der Waals surface area contributed by atoms with Gasteiger partial charge in [-0.2, -0.15) is 0 Å². The summed E-state index contributed by atoms with van der Waals surface area (Å²) in [5, 5.41) is 2.94. The molecule has 0 aliphatic rings. The lowest BCUT2D eigenvalue weighted by molar-refractivity contribution is 0.102. The van der Waals surface area contributed by atoms with Crippen molar-refractivity contribution < 1.29 is 13.2 Å². The van der Waals surface area contributed by atoms with Gasteiger partial charge in [0, 0.05) is 23.1 Å². The summed E-state index contributed by atoms with van der Waals surface area (Å²) in [5.74, 6) is -0.273. The summed E-state index contributed by atoms with van der Waals surface area (Å²) < 4.78 is 22.7. The van der Waals surface area contributed by atoms with Crippen molar-refractivity contribution in [3.8, 4) is 11.1 Å². The van der Waals surface area contributed by atoms with Gasteiger partial charge in [-0.1, -0.05) is 60.7 Å². The van der Waals surface area contributed by atoms with Gasteiger partial charge in [0.25, 0.3) is 5.91 Å². The van der Waals surface area contributed by atoms with Crippen molar-refractivity contribution in [3.63, 3.8) is 0 Å². The molecule has 0 radical (unpaired) electrons. The van der Waals surface area contributed by atoms with Crippen molar-refractivity contribution >= 4 is 21.4 Å². The second-order valence-corrected chi connectivity index (χ2v) is 8.27. The third-order valence-electron chi connectivity index (χ3n) is 3.91. The first-order valence-corrected chi connectivity index (χ1v) is 10.2. The minimum atomic E-state index is -3.10. The first-order valence-electron chi connectivity index (χ1n) is 8.15. The minimum absolute atomic E-state index is 0.0360. The van der Waals surface area contributed by atoms with Gasteiger partial charge in [0.05, 0.1) is 5.75 Å². The lowest BCUT2D eigenvalue weighted by Crippen LogP contribution is -2.12. The highest BCUT2D eigenvalue weighted by molar-refractivity contribution is 7.89. The minimum Gasteiger partial charge on any atom is -0.321 e. The molecule has 0 heterocycles. The van der Waals surface area contributed by atoms with Gasteiger partial charge in [0.1, 0.15) is 0 Å².